The summed E-state index contributed by atoms with van der Waals surface area (Å²) in [7, 11) is 4.47. The van der Waals surface area contributed by atoms with Crippen LogP contribution in [-0.2, 0) is 0 Å². The van der Waals surface area contributed by atoms with Gasteiger partial charge in [0.05, 0.1) is 20.3 Å². The minimum atomic E-state index is -0.821. The largest absolute Gasteiger partial charge is 0.492 e. The van der Waals surface area contributed by atoms with E-state index in [1.165, 1.54) is 20.3 Å². The molecule has 0 radical (unpaired) electrons. The van der Waals surface area contributed by atoms with E-state index in [1.807, 2.05) is 0 Å². The quantitative estimate of drug-likeness (QED) is 0.872. The highest BCUT2D eigenvalue weighted by atomic mass is 79.9. The van der Waals surface area contributed by atoms with Crippen LogP contribution in [0.15, 0.2) is 10.5 Å². The number of ether oxygens (including phenoxy) is 2. The number of halogens is 2. The van der Waals surface area contributed by atoms with E-state index in [9.17, 15) is 9.50 Å². The summed E-state index contributed by atoms with van der Waals surface area (Å²) in [5, 5.41) is 12.8. The molecule has 0 fully saturated rings. The second-order valence-electron chi connectivity index (χ2n) is 3.39. The van der Waals surface area contributed by atoms with E-state index in [2.05, 4.69) is 21.2 Å². The Morgan fingerprint density at radius 1 is 1.41 bits per heavy atom. The first-order valence-electron chi connectivity index (χ1n) is 4.99. The van der Waals surface area contributed by atoms with Crippen LogP contribution in [0.3, 0.4) is 0 Å². The molecule has 4 nitrogen and oxygen atoms in total. The minimum Gasteiger partial charge on any atom is -0.492 e. The van der Waals surface area contributed by atoms with E-state index < -0.39 is 11.9 Å². The van der Waals surface area contributed by atoms with Gasteiger partial charge in [0, 0.05) is 16.6 Å². The van der Waals surface area contributed by atoms with E-state index in [0.717, 1.165) is 0 Å². The summed E-state index contributed by atoms with van der Waals surface area (Å²) in [6.45, 7) is 0.323. The zero-order chi connectivity index (χ0) is 13.0. The first-order valence-corrected chi connectivity index (χ1v) is 5.78. The normalized spacial score (nSPS) is 12.4. The molecular weight excluding hydrogens is 293 g/mol. The van der Waals surface area contributed by atoms with Crippen LogP contribution in [0.1, 0.15) is 11.7 Å². The monoisotopic (exact) mass is 307 g/mol. The Balaban J connectivity index is 3.36. The maximum Gasteiger partial charge on any atom is 0.197 e. The molecule has 0 heterocycles. The van der Waals surface area contributed by atoms with Crippen molar-refractivity contribution in [1.29, 1.82) is 0 Å². The van der Waals surface area contributed by atoms with Gasteiger partial charge in [-0.25, -0.2) is 4.39 Å². The standard InChI is InChI=1S/C11H15BrFNO3/c1-14-5-8(15)9-6(12)4-7(13)10(16-2)11(9)17-3/h4,8,14-15H,5H2,1-3H3. The molecule has 1 unspecified atom stereocenters. The maximum absolute atomic E-state index is 13.6. The lowest BCUT2D eigenvalue weighted by Crippen LogP contribution is -2.18. The molecule has 0 aromatic heterocycles. The van der Waals surface area contributed by atoms with Crippen LogP contribution in [0, 0.1) is 5.82 Å². The summed E-state index contributed by atoms with van der Waals surface area (Å²) in [6, 6.07) is 1.25. The van der Waals surface area contributed by atoms with E-state index in [-0.39, 0.29) is 11.5 Å². The molecular formula is C11H15BrFNO3. The summed E-state index contributed by atoms with van der Waals surface area (Å²) < 4.78 is 24.1. The van der Waals surface area contributed by atoms with Gasteiger partial charge in [-0.1, -0.05) is 15.9 Å². The fourth-order valence-corrected chi connectivity index (χ4v) is 2.24. The molecule has 2 N–H and O–H groups in total. The Hall–Kier alpha value is -0.850. The number of methoxy groups -OCH3 is 2. The molecule has 1 atom stereocenters. The molecule has 0 amide bonds. The summed E-state index contributed by atoms with van der Waals surface area (Å²) in [4.78, 5) is 0. The fourth-order valence-electron chi connectivity index (χ4n) is 1.59. The third-order valence-electron chi connectivity index (χ3n) is 2.32. The summed E-state index contributed by atoms with van der Waals surface area (Å²) >= 11 is 3.21. The zero-order valence-electron chi connectivity index (χ0n) is 9.88. The molecule has 0 aliphatic heterocycles. The Labute approximate surface area is 108 Å². The van der Waals surface area contributed by atoms with E-state index in [1.54, 1.807) is 7.05 Å². The van der Waals surface area contributed by atoms with Crippen molar-refractivity contribution >= 4 is 15.9 Å². The van der Waals surface area contributed by atoms with E-state index >= 15 is 0 Å². The Morgan fingerprint density at radius 3 is 2.47 bits per heavy atom. The predicted octanol–water partition coefficient (Wildman–Crippen LogP) is 1.86. The van der Waals surface area contributed by atoms with Gasteiger partial charge in [0.25, 0.3) is 0 Å². The first kappa shape index (κ1) is 14.2. The molecule has 1 aromatic rings. The third kappa shape index (κ3) is 2.88. The minimum absolute atomic E-state index is 0.0131. The molecule has 1 rings (SSSR count). The number of hydrogen-bond acceptors (Lipinski definition) is 4. The molecule has 0 aliphatic carbocycles. The van der Waals surface area contributed by atoms with Crippen molar-refractivity contribution in [3.05, 3.63) is 21.9 Å². The number of benzene rings is 1. The molecule has 1 aromatic carbocycles. The van der Waals surface area contributed by atoms with Crippen molar-refractivity contribution in [3.63, 3.8) is 0 Å². The van der Waals surface area contributed by atoms with Crippen molar-refractivity contribution in [2.75, 3.05) is 27.8 Å². The Kier molecular flexibility index (Phi) is 5.17. The second-order valence-corrected chi connectivity index (χ2v) is 4.25. The van der Waals surface area contributed by atoms with Gasteiger partial charge in [-0.05, 0) is 13.1 Å². The molecule has 17 heavy (non-hydrogen) atoms. The van der Waals surface area contributed by atoms with Gasteiger partial charge in [-0.15, -0.1) is 0 Å². The van der Waals surface area contributed by atoms with Crippen molar-refractivity contribution in [3.8, 4) is 11.5 Å². The average molecular weight is 308 g/mol. The zero-order valence-corrected chi connectivity index (χ0v) is 11.5. The van der Waals surface area contributed by atoms with Crippen LogP contribution in [0.25, 0.3) is 0 Å². The van der Waals surface area contributed by atoms with Crippen LogP contribution in [-0.4, -0.2) is 32.9 Å². The first-order chi connectivity index (χ1) is 8.06. The van der Waals surface area contributed by atoms with Gasteiger partial charge in [0.15, 0.2) is 17.3 Å². The topological polar surface area (TPSA) is 50.7 Å². The smallest absolute Gasteiger partial charge is 0.197 e. The van der Waals surface area contributed by atoms with Crippen LogP contribution in [0.5, 0.6) is 11.5 Å². The predicted molar refractivity (Wildman–Crippen MR) is 66.1 cm³/mol. The third-order valence-corrected chi connectivity index (χ3v) is 2.97. The highest BCUT2D eigenvalue weighted by Crippen LogP contribution is 2.41. The lowest BCUT2D eigenvalue weighted by atomic mass is 10.1. The lowest BCUT2D eigenvalue weighted by molar-refractivity contribution is 0.171. The van der Waals surface area contributed by atoms with Crippen molar-refractivity contribution in [1.82, 2.24) is 5.32 Å². The van der Waals surface area contributed by atoms with Gasteiger partial charge in [0.1, 0.15) is 0 Å². The van der Waals surface area contributed by atoms with E-state index in [4.69, 9.17) is 9.47 Å². The van der Waals surface area contributed by atoms with Crippen LogP contribution in [0.2, 0.25) is 0 Å². The number of aliphatic hydroxyl groups excluding tert-OH is 1. The van der Waals surface area contributed by atoms with E-state index in [0.29, 0.717) is 16.6 Å². The van der Waals surface area contributed by atoms with Crippen LogP contribution < -0.4 is 14.8 Å². The molecule has 0 aliphatic rings. The highest BCUT2D eigenvalue weighted by molar-refractivity contribution is 9.10. The SMILES string of the molecule is CNCC(O)c1c(Br)cc(F)c(OC)c1OC. The van der Waals surface area contributed by atoms with Crippen LogP contribution in [0.4, 0.5) is 4.39 Å². The highest BCUT2D eigenvalue weighted by Gasteiger charge is 2.23. The van der Waals surface area contributed by atoms with Crippen molar-refractivity contribution in [2.24, 2.45) is 0 Å². The molecule has 96 valence electrons. The van der Waals surface area contributed by atoms with Gasteiger partial charge in [0.2, 0.25) is 0 Å². The lowest BCUT2D eigenvalue weighted by Gasteiger charge is -2.19. The summed E-state index contributed by atoms with van der Waals surface area (Å²) in [5.41, 5.74) is 0.458. The van der Waals surface area contributed by atoms with Crippen LogP contribution >= 0.6 is 15.9 Å². The van der Waals surface area contributed by atoms with Gasteiger partial charge in [-0.3, -0.25) is 0 Å². The van der Waals surface area contributed by atoms with Gasteiger partial charge >= 0.3 is 0 Å². The number of hydrogen-bond donors (Lipinski definition) is 2. The molecule has 0 spiro atoms. The van der Waals surface area contributed by atoms with Crippen molar-refractivity contribution < 1.29 is 19.0 Å². The van der Waals surface area contributed by atoms with Crippen molar-refractivity contribution in [2.45, 2.75) is 6.10 Å². The van der Waals surface area contributed by atoms with Gasteiger partial charge in [-0.2, -0.15) is 0 Å². The van der Waals surface area contributed by atoms with Gasteiger partial charge < -0.3 is 19.9 Å². The number of nitrogens with one attached hydrogen (secondary N) is 1. The average Bonchev–Trinajstić information content (AvgIpc) is 2.28. The fraction of sp³-hybridized carbons (Fsp3) is 0.455. The maximum atomic E-state index is 13.6. The molecule has 0 saturated carbocycles. The second kappa shape index (κ2) is 6.18. The Bertz CT molecular complexity index is 401. The summed E-state index contributed by atoms with van der Waals surface area (Å²) in [5.74, 6) is -0.361. The molecule has 0 saturated heterocycles. The summed E-state index contributed by atoms with van der Waals surface area (Å²) in [6.07, 6.45) is -0.821. The molecule has 0 bridgehead atoms. The molecule has 6 heteroatoms. The number of aliphatic hydroxyl groups is 1. The number of likely N-dealkylation sites (N-methyl/N-ethyl adjacent to an activating group) is 1. The number of rotatable bonds is 5. The Morgan fingerprint density at radius 2 is 2.00 bits per heavy atom.